The molecule has 1 amide bonds. The fourth-order valence-corrected chi connectivity index (χ4v) is 2.54. The number of ether oxygens (including phenoxy) is 3. The van der Waals surface area contributed by atoms with E-state index >= 15 is 0 Å². The average molecular weight is 391 g/mol. The van der Waals surface area contributed by atoms with E-state index < -0.39 is 18.5 Å². The average Bonchev–Trinajstić information content (AvgIpc) is 2.75. The lowest BCUT2D eigenvalue weighted by molar-refractivity contribution is -0.119. The van der Waals surface area contributed by atoms with Gasteiger partial charge in [-0.25, -0.2) is 4.79 Å². The zero-order valence-electron chi connectivity index (χ0n) is 16.0. The van der Waals surface area contributed by atoms with Crippen molar-refractivity contribution in [3.05, 3.63) is 84.4 Å². The first-order chi connectivity index (χ1) is 14.2. The molecule has 0 saturated heterocycles. The predicted octanol–water partition coefficient (Wildman–Crippen LogP) is 4.67. The maximum Gasteiger partial charge on any atom is 0.338 e. The summed E-state index contributed by atoms with van der Waals surface area (Å²) in [6.45, 7) is 1.93. The Morgan fingerprint density at radius 2 is 1.48 bits per heavy atom. The van der Waals surface area contributed by atoms with Gasteiger partial charge in [-0.05, 0) is 55.5 Å². The Bertz CT molecular complexity index is 955. The highest BCUT2D eigenvalue weighted by molar-refractivity contribution is 5.96. The third kappa shape index (κ3) is 5.84. The molecule has 29 heavy (non-hydrogen) atoms. The molecule has 0 radical (unpaired) electrons. The molecule has 3 aromatic rings. The minimum Gasteiger partial charge on any atom is -0.492 e. The molecule has 0 aliphatic heterocycles. The van der Waals surface area contributed by atoms with Gasteiger partial charge in [-0.3, -0.25) is 4.79 Å². The van der Waals surface area contributed by atoms with Crippen molar-refractivity contribution >= 4 is 17.6 Å². The maximum absolute atomic E-state index is 12.2. The van der Waals surface area contributed by atoms with Gasteiger partial charge in [0.2, 0.25) is 0 Å². The maximum atomic E-state index is 12.2. The standard InChI is InChI=1S/C23H21NO5/c1-2-27-21-11-7-6-10-20(21)24-22(25)16-28-23(26)17-12-14-19(15-13-17)29-18-8-4-3-5-9-18/h3-15H,2,16H2,1H3,(H,24,25). The Labute approximate surface area is 169 Å². The lowest BCUT2D eigenvalue weighted by Gasteiger charge is -2.11. The van der Waals surface area contributed by atoms with Crippen molar-refractivity contribution in [1.29, 1.82) is 0 Å². The predicted molar refractivity (Wildman–Crippen MR) is 109 cm³/mol. The van der Waals surface area contributed by atoms with Crippen LogP contribution < -0.4 is 14.8 Å². The summed E-state index contributed by atoms with van der Waals surface area (Å²) in [6, 6.07) is 22.9. The fraction of sp³-hybridized carbons (Fsp3) is 0.130. The van der Waals surface area contributed by atoms with Crippen LogP contribution >= 0.6 is 0 Å². The van der Waals surface area contributed by atoms with Crippen molar-refractivity contribution in [1.82, 2.24) is 0 Å². The van der Waals surface area contributed by atoms with E-state index in [9.17, 15) is 9.59 Å². The summed E-state index contributed by atoms with van der Waals surface area (Å²) in [7, 11) is 0. The molecule has 0 heterocycles. The molecular weight excluding hydrogens is 370 g/mol. The number of carbonyl (C=O) groups is 2. The zero-order valence-corrected chi connectivity index (χ0v) is 16.0. The van der Waals surface area contributed by atoms with Gasteiger partial charge in [0.15, 0.2) is 6.61 Å². The van der Waals surface area contributed by atoms with Gasteiger partial charge < -0.3 is 19.5 Å². The molecule has 1 N–H and O–H groups in total. The first-order valence-corrected chi connectivity index (χ1v) is 9.17. The normalized spacial score (nSPS) is 10.1. The Balaban J connectivity index is 1.52. The van der Waals surface area contributed by atoms with Crippen molar-refractivity contribution in [2.45, 2.75) is 6.92 Å². The molecule has 0 aromatic heterocycles. The lowest BCUT2D eigenvalue weighted by atomic mass is 10.2. The molecule has 0 atom stereocenters. The smallest absolute Gasteiger partial charge is 0.338 e. The molecule has 0 spiro atoms. The number of amides is 1. The largest absolute Gasteiger partial charge is 0.492 e. The quantitative estimate of drug-likeness (QED) is 0.565. The summed E-state index contributed by atoms with van der Waals surface area (Å²) in [5.41, 5.74) is 0.853. The summed E-state index contributed by atoms with van der Waals surface area (Å²) in [5.74, 6) is 0.813. The van der Waals surface area contributed by atoms with E-state index in [1.54, 1.807) is 42.5 Å². The fourth-order valence-electron chi connectivity index (χ4n) is 2.54. The molecular formula is C23H21NO5. The summed E-state index contributed by atoms with van der Waals surface area (Å²) >= 11 is 0. The van der Waals surface area contributed by atoms with Crippen molar-refractivity contribution in [2.75, 3.05) is 18.5 Å². The first kappa shape index (κ1) is 19.9. The van der Waals surface area contributed by atoms with Crippen LogP contribution in [0.25, 0.3) is 0 Å². The van der Waals surface area contributed by atoms with Gasteiger partial charge in [-0.15, -0.1) is 0 Å². The number of benzene rings is 3. The van der Waals surface area contributed by atoms with Crippen LogP contribution in [0.15, 0.2) is 78.9 Å². The molecule has 0 aliphatic rings. The minimum absolute atomic E-state index is 0.327. The molecule has 0 fully saturated rings. The number of nitrogens with one attached hydrogen (secondary N) is 1. The molecule has 0 saturated carbocycles. The Kier molecular flexibility index (Phi) is 6.84. The number of hydrogen-bond donors (Lipinski definition) is 1. The molecule has 0 bridgehead atoms. The van der Waals surface area contributed by atoms with E-state index in [4.69, 9.17) is 14.2 Å². The summed E-state index contributed by atoms with van der Waals surface area (Å²) in [4.78, 5) is 24.3. The van der Waals surface area contributed by atoms with Crippen LogP contribution in [0.3, 0.4) is 0 Å². The lowest BCUT2D eigenvalue weighted by Crippen LogP contribution is -2.21. The van der Waals surface area contributed by atoms with Gasteiger partial charge in [0.05, 0.1) is 17.9 Å². The van der Waals surface area contributed by atoms with E-state index in [-0.39, 0.29) is 0 Å². The van der Waals surface area contributed by atoms with E-state index in [2.05, 4.69) is 5.32 Å². The number of anilines is 1. The highest BCUT2D eigenvalue weighted by Gasteiger charge is 2.12. The molecule has 3 rings (SSSR count). The molecule has 3 aromatic carbocycles. The van der Waals surface area contributed by atoms with E-state index in [1.807, 2.05) is 43.3 Å². The first-order valence-electron chi connectivity index (χ1n) is 9.17. The van der Waals surface area contributed by atoms with Crippen molar-refractivity contribution in [3.63, 3.8) is 0 Å². The number of esters is 1. The van der Waals surface area contributed by atoms with Crippen LogP contribution in [0, 0.1) is 0 Å². The minimum atomic E-state index is -0.593. The second-order valence-corrected chi connectivity index (χ2v) is 5.99. The number of rotatable bonds is 8. The van der Waals surface area contributed by atoms with Crippen LogP contribution in [0.1, 0.15) is 17.3 Å². The van der Waals surface area contributed by atoms with E-state index in [0.717, 1.165) is 0 Å². The van der Waals surface area contributed by atoms with Gasteiger partial charge in [0, 0.05) is 0 Å². The van der Waals surface area contributed by atoms with Crippen LogP contribution in [-0.4, -0.2) is 25.1 Å². The molecule has 6 heteroatoms. The van der Waals surface area contributed by atoms with E-state index in [0.29, 0.717) is 35.1 Å². The second kappa shape index (κ2) is 9.94. The Hall–Kier alpha value is -3.80. The van der Waals surface area contributed by atoms with Crippen molar-refractivity contribution < 1.29 is 23.8 Å². The summed E-state index contributed by atoms with van der Waals surface area (Å²) in [5, 5.41) is 2.68. The molecule has 0 aliphatic carbocycles. The van der Waals surface area contributed by atoms with Gasteiger partial charge in [-0.1, -0.05) is 30.3 Å². The molecule has 0 unspecified atom stereocenters. The number of carbonyl (C=O) groups excluding carboxylic acids is 2. The third-order valence-corrected chi connectivity index (χ3v) is 3.86. The number of hydrogen-bond acceptors (Lipinski definition) is 5. The third-order valence-electron chi connectivity index (χ3n) is 3.86. The van der Waals surface area contributed by atoms with Gasteiger partial charge in [0.25, 0.3) is 5.91 Å². The van der Waals surface area contributed by atoms with Crippen LogP contribution in [-0.2, 0) is 9.53 Å². The zero-order chi connectivity index (χ0) is 20.5. The van der Waals surface area contributed by atoms with Crippen LogP contribution in [0.5, 0.6) is 17.2 Å². The number of para-hydroxylation sites is 3. The van der Waals surface area contributed by atoms with Crippen molar-refractivity contribution in [3.8, 4) is 17.2 Å². The van der Waals surface area contributed by atoms with Gasteiger partial charge in [-0.2, -0.15) is 0 Å². The van der Waals surface area contributed by atoms with E-state index in [1.165, 1.54) is 0 Å². The summed E-state index contributed by atoms with van der Waals surface area (Å²) < 4.78 is 16.2. The Morgan fingerprint density at radius 3 is 2.21 bits per heavy atom. The van der Waals surface area contributed by atoms with Gasteiger partial charge in [0.1, 0.15) is 17.2 Å². The SMILES string of the molecule is CCOc1ccccc1NC(=O)COC(=O)c1ccc(Oc2ccccc2)cc1. The van der Waals surface area contributed by atoms with Crippen molar-refractivity contribution in [2.24, 2.45) is 0 Å². The second-order valence-electron chi connectivity index (χ2n) is 5.99. The Morgan fingerprint density at radius 1 is 0.828 bits per heavy atom. The molecule has 6 nitrogen and oxygen atoms in total. The van der Waals surface area contributed by atoms with Gasteiger partial charge >= 0.3 is 5.97 Å². The monoisotopic (exact) mass is 391 g/mol. The summed E-state index contributed by atoms with van der Waals surface area (Å²) in [6.07, 6.45) is 0. The highest BCUT2D eigenvalue weighted by Crippen LogP contribution is 2.24. The van der Waals surface area contributed by atoms with Crippen LogP contribution in [0.4, 0.5) is 5.69 Å². The highest BCUT2D eigenvalue weighted by atomic mass is 16.5. The topological polar surface area (TPSA) is 73.9 Å². The molecule has 148 valence electrons. The van der Waals surface area contributed by atoms with Crippen LogP contribution in [0.2, 0.25) is 0 Å².